The molecule has 0 aromatic heterocycles. The summed E-state index contributed by atoms with van der Waals surface area (Å²) in [7, 11) is 1.90. The van der Waals surface area contributed by atoms with Crippen molar-refractivity contribution in [2.24, 2.45) is 0 Å². The molecular formula is C13H18N2OS. The van der Waals surface area contributed by atoms with Crippen LogP contribution in [-0.4, -0.2) is 29.6 Å². The van der Waals surface area contributed by atoms with Gasteiger partial charge in [-0.1, -0.05) is 6.07 Å². The van der Waals surface area contributed by atoms with E-state index in [1.807, 2.05) is 37.1 Å². The summed E-state index contributed by atoms with van der Waals surface area (Å²) in [4.78, 5) is 14.8. The van der Waals surface area contributed by atoms with Crippen LogP contribution in [0.1, 0.15) is 18.4 Å². The third kappa shape index (κ3) is 2.94. The van der Waals surface area contributed by atoms with Crippen LogP contribution in [0.25, 0.3) is 0 Å². The van der Waals surface area contributed by atoms with Crippen molar-refractivity contribution >= 4 is 23.4 Å². The molecule has 0 spiro atoms. The molecule has 1 fully saturated rings. The fraction of sp³-hybridized carbons (Fsp3) is 0.462. The van der Waals surface area contributed by atoms with Crippen molar-refractivity contribution in [3.8, 4) is 0 Å². The Morgan fingerprint density at radius 2 is 2.24 bits per heavy atom. The van der Waals surface area contributed by atoms with Crippen molar-refractivity contribution < 1.29 is 4.79 Å². The SMILES string of the molecule is Cc1c(N)cccc1SCC(=O)N(C)C1CC1. The van der Waals surface area contributed by atoms with Crippen LogP contribution in [0, 0.1) is 6.92 Å². The van der Waals surface area contributed by atoms with E-state index in [9.17, 15) is 4.79 Å². The molecule has 4 heteroatoms. The van der Waals surface area contributed by atoms with Gasteiger partial charge >= 0.3 is 0 Å². The second-order valence-corrected chi connectivity index (χ2v) is 5.51. The van der Waals surface area contributed by atoms with Gasteiger partial charge in [-0.25, -0.2) is 0 Å². The average molecular weight is 250 g/mol. The highest BCUT2D eigenvalue weighted by molar-refractivity contribution is 8.00. The normalized spacial score (nSPS) is 14.7. The molecule has 2 rings (SSSR count). The molecule has 0 heterocycles. The van der Waals surface area contributed by atoms with Gasteiger partial charge in [0.25, 0.3) is 0 Å². The molecule has 1 aromatic rings. The lowest BCUT2D eigenvalue weighted by Gasteiger charge is -2.16. The standard InChI is InChI=1S/C13H18N2OS/c1-9-11(14)4-3-5-12(9)17-8-13(16)15(2)10-6-7-10/h3-5,10H,6-8,14H2,1-2H3. The molecule has 2 N–H and O–H groups in total. The molecule has 1 aliphatic rings. The van der Waals surface area contributed by atoms with Gasteiger partial charge in [0.1, 0.15) is 0 Å². The highest BCUT2D eigenvalue weighted by Crippen LogP contribution is 2.29. The number of hydrogen-bond donors (Lipinski definition) is 1. The van der Waals surface area contributed by atoms with Crippen LogP contribution in [-0.2, 0) is 4.79 Å². The molecule has 1 saturated carbocycles. The zero-order valence-corrected chi connectivity index (χ0v) is 11.1. The predicted molar refractivity (Wildman–Crippen MR) is 72.1 cm³/mol. The number of nitrogen functional groups attached to an aromatic ring is 1. The second kappa shape index (κ2) is 5.00. The van der Waals surface area contributed by atoms with E-state index in [-0.39, 0.29) is 5.91 Å². The minimum Gasteiger partial charge on any atom is -0.398 e. The van der Waals surface area contributed by atoms with E-state index < -0.39 is 0 Å². The molecule has 92 valence electrons. The Balaban J connectivity index is 1.93. The number of thioether (sulfide) groups is 1. The Bertz CT molecular complexity index is 429. The third-order valence-corrected chi connectivity index (χ3v) is 4.31. The first-order chi connectivity index (χ1) is 8.09. The Morgan fingerprint density at radius 1 is 1.53 bits per heavy atom. The van der Waals surface area contributed by atoms with E-state index in [0.29, 0.717) is 11.8 Å². The van der Waals surface area contributed by atoms with Gasteiger partial charge in [0, 0.05) is 23.7 Å². The first-order valence-electron chi connectivity index (χ1n) is 5.83. The number of nitrogens with zero attached hydrogens (tertiary/aromatic N) is 1. The molecular weight excluding hydrogens is 232 g/mol. The van der Waals surface area contributed by atoms with Crippen LogP contribution in [0.2, 0.25) is 0 Å². The Hall–Kier alpha value is -1.16. The van der Waals surface area contributed by atoms with Crippen molar-refractivity contribution in [1.29, 1.82) is 0 Å². The van der Waals surface area contributed by atoms with Crippen molar-refractivity contribution in [2.75, 3.05) is 18.5 Å². The summed E-state index contributed by atoms with van der Waals surface area (Å²) in [6.07, 6.45) is 2.31. The van der Waals surface area contributed by atoms with Gasteiger partial charge in [0.05, 0.1) is 5.75 Å². The molecule has 0 saturated heterocycles. The first kappa shape index (κ1) is 12.3. The number of carbonyl (C=O) groups is 1. The van der Waals surface area contributed by atoms with Crippen LogP contribution in [0.15, 0.2) is 23.1 Å². The van der Waals surface area contributed by atoms with Crippen LogP contribution in [0.3, 0.4) is 0 Å². The highest BCUT2D eigenvalue weighted by Gasteiger charge is 2.29. The monoisotopic (exact) mass is 250 g/mol. The number of amides is 1. The first-order valence-corrected chi connectivity index (χ1v) is 6.81. The third-order valence-electron chi connectivity index (χ3n) is 3.17. The molecule has 1 aromatic carbocycles. The van der Waals surface area contributed by atoms with Crippen molar-refractivity contribution in [3.05, 3.63) is 23.8 Å². The maximum absolute atomic E-state index is 11.9. The fourth-order valence-electron chi connectivity index (χ4n) is 1.69. The molecule has 3 nitrogen and oxygen atoms in total. The fourth-order valence-corrected chi connectivity index (χ4v) is 2.69. The predicted octanol–water partition coefficient (Wildman–Crippen LogP) is 2.29. The van der Waals surface area contributed by atoms with Gasteiger partial charge < -0.3 is 10.6 Å². The number of anilines is 1. The summed E-state index contributed by atoms with van der Waals surface area (Å²) < 4.78 is 0. The summed E-state index contributed by atoms with van der Waals surface area (Å²) in [5.41, 5.74) is 7.70. The van der Waals surface area contributed by atoms with Crippen LogP contribution >= 0.6 is 11.8 Å². The van der Waals surface area contributed by atoms with Gasteiger partial charge in [-0.05, 0) is 37.5 Å². The Kier molecular flexibility index (Phi) is 3.62. The van der Waals surface area contributed by atoms with E-state index >= 15 is 0 Å². The van der Waals surface area contributed by atoms with Crippen molar-refractivity contribution in [2.45, 2.75) is 30.7 Å². The van der Waals surface area contributed by atoms with Crippen LogP contribution in [0.4, 0.5) is 5.69 Å². The lowest BCUT2D eigenvalue weighted by molar-refractivity contribution is -0.127. The smallest absolute Gasteiger partial charge is 0.232 e. The lowest BCUT2D eigenvalue weighted by Crippen LogP contribution is -2.30. The van der Waals surface area contributed by atoms with Gasteiger partial charge in [-0.2, -0.15) is 0 Å². The lowest BCUT2D eigenvalue weighted by atomic mass is 10.2. The quantitative estimate of drug-likeness (QED) is 0.659. The van der Waals surface area contributed by atoms with Crippen LogP contribution in [0.5, 0.6) is 0 Å². The van der Waals surface area contributed by atoms with Crippen molar-refractivity contribution in [1.82, 2.24) is 4.90 Å². The summed E-state index contributed by atoms with van der Waals surface area (Å²) in [5, 5.41) is 0. The maximum Gasteiger partial charge on any atom is 0.232 e. The van der Waals surface area contributed by atoms with E-state index in [0.717, 1.165) is 29.0 Å². The highest BCUT2D eigenvalue weighted by atomic mass is 32.2. The van der Waals surface area contributed by atoms with Crippen LogP contribution < -0.4 is 5.73 Å². The van der Waals surface area contributed by atoms with Gasteiger partial charge in [0.15, 0.2) is 0 Å². The molecule has 0 aliphatic heterocycles. The molecule has 0 bridgehead atoms. The number of carbonyl (C=O) groups excluding carboxylic acids is 1. The summed E-state index contributed by atoms with van der Waals surface area (Å²) in [5.74, 6) is 0.705. The molecule has 17 heavy (non-hydrogen) atoms. The zero-order valence-electron chi connectivity index (χ0n) is 10.3. The van der Waals surface area contributed by atoms with Gasteiger partial charge in [0.2, 0.25) is 5.91 Å². The summed E-state index contributed by atoms with van der Waals surface area (Å²) >= 11 is 1.57. The van der Waals surface area contributed by atoms with Gasteiger partial charge in [-0.15, -0.1) is 11.8 Å². The molecule has 1 aliphatic carbocycles. The van der Waals surface area contributed by atoms with E-state index in [2.05, 4.69) is 0 Å². The maximum atomic E-state index is 11.9. The molecule has 1 amide bonds. The number of rotatable bonds is 4. The second-order valence-electron chi connectivity index (χ2n) is 4.49. The summed E-state index contributed by atoms with van der Waals surface area (Å²) in [6.45, 7) is 1.99. The van der Waals surface area contributed by atoms with E-state index in [1.165, 1.54) is 0 Å². The number of nitrogens with two attached hydrogens (primary N) is 1. The minimum absolute atomic E-state index is 0.208. The minimum atomic E-state index is 0.208. The Labute approximate surface area is 106 Å². The molecule has 0 unspecified atom stereocenters. The largest absolute Gasteiger partial charge is 0.398 e. The Morgan fingerprint density at radius 3 is 2.88 bits per heavy atom. The van der Waals surface area contributed by atoms with Gasteiger partial charge in [-0.3, -0.25) is 4.79 Å². The number of benzene rings is 1. The summed E-state index contributed by atoms with van der Waals surface area (Å²) in [6, 6.07) is 6.32. The number of hydrogen-bond acceptors (Lipinski definition) is 3. The molecule has 0 radical (unpaired) electrons. The van der Waals surface area contributed by atoms with E-state index in [4.69, 9.17) is 5.73 Å². The molecule has 0 atom stereocenters. The van der Waals surface area contributed by atoms with Crippen molar-refractivity contribution in [3.63, 3.8) is 0 Å². The average Bonchev–Trinajstić information content (AvgIpc) is 3.13. The zero-order chi connectivity index (χ0) is 12.4. The van der Waals surface area contributed by atoms with E-state index in [1.54, 1.807) is 11.8 Å². The topological polar surface area (TPSA) is 46.3 Å².